The highest BCUT2D eigenvalue weighted by atomic mass is 19.2. The minimum Gasteiger partial charge on any atom is -0.493 e. The zero-order valence-electron chi connectivity index (χ0n) is 15.4. The van der Waals surface area contributed by atoms with Crippen LogP contribution in [0.25, 0.3) is 6.08 Å². The molecule has 10 heteroatoms. The first-order valence-electron chi connectivity index (χ1n) is 8.36. The van der Waals surface area contributed by atoms with Crippen molar-refractivity contribution in [2.75, 3.05) is 19.1 Å². The summed E-state index contributed by atoms with van der Waals surface area (Å²) < 4.78 is 77.0. The molecule has 0 radical (unpaired) electrons. The summed E-state index contributed by atoms with van der Waals surface area (Å²) >= 11 is 0. The predicted molar refractivity (Wildman–Crippen MR) is 95.8 cm³/mol. The first-order valence-corrected chi connectivity index (χ1v) is 8.36. The predicted octanol–water partition coefficient (Wildman–Crippen LogP) is 4.34. The van der Waals surface area contributed by atoms with Crippen LogP contribution in [0.1, 0.15) is 18.9 Å². The smallest absolute Gasteiger partial charge is 0.262 e. The molecule has 29 heavy (non-hydrogen) atoms. The fourth-order valence-corrected chi connectivity index (χ4v) is 2.17. The number of amides is 1. The average Bonchev–Trinajstić information content (AvgIpc) is 2.73. The van der Waals surface area contributed by atoms with Crippen molar-refractivity contribution in [1.29, 1.82) is 0 Å². The molecule has 0 aliphatic heterocycles. The molecule has 0 spiro atoms. The second kappa shape index (κ2) is 9.76. The maximum absolute atomic E-state index is 13.5. The zero-order valence-corrected chi connectivity index (χ0v) is 15.4. The lowest BCUT2D eigenvalue weighted by atomic mass is 10.2. The van der Waals surface area contributed by atoms with Gasteiger partial charge in [-0.15, -0.1) is 0 Å². The van der Waals surface area contributed by atoms with Crippen molar-refractivity contribution in [2.45, 2.75) is 13.3 Å². The summed E-state index contributed by atoms with van der Waals surface area (Å²) in [5.74, 6) is -10.7. The molecule has 2 N–H and O–H groups in total. The van der Waals surface area contributed by atoms with E-state index in [0.29, 0.717) is 23.7 Å². The first-order chi connectivity index (χ1) is 13.8. The summed E-state index contributed by atoms with van der Waals surface area (Å²) in [6.45, 7) is 2.44. The van der Waals surface area contributed by atoms with E-state index in [1.807, 2.05) is 12.3 Å². The molecule has 0 aliphatic rings. The second-order valence-corrected chi connectivity index (χ2v) is 5.65. The van der Waals surface area contributed by atoms with Crippen molar-refractivity contribution in [3.05, 3.63) is 58.9 Å². The lowest BCUT2D eigenvalue weighted by molar-refractivity contribution is -0.116. The third-order valence-corrected chi connectivity index (χ3v) is 3.60. The number of benzene rings is 2. The fraction of sp³-hybridized carbons (Fsp3) is 0.211. The van der Waals surface area contributed by atoms with E-state index in [2.05, 4.69) is 0 Å². The van der Waals surface area contributed by atoms with Crippen LogP contribution in [-0.2, 0) is 4.79 Å². The minimum atomic E-state index is -2.29. The highest BCUT2D eigenvalue weighted by Crippen LogP contribution is 2.29. The molecule has 0 unspecified atom stereocenters. The molecular formula is C19H17F5N2O3. The molecule has 156 valence electrons. The van der Waals surface area contributed by atoms with E-state index < -0.39 is 40.7 Å². The van der Waals surface area contributed by atoms with Crippen LogP contribution >= 0.6 is 0 Å². The van der Waals surface area contributed by atoms with Crippen LogP contribution in [0.5, 0.6) is 11.5 Å². The van der Waals surface area contributed by atoms with E-state index in [1.54, 1.807) is 23.6 Å². The van der Waals surface area contributed by atoms with Gasteiger partial charge in [0.15, 0.2) is 34.8 Å². The molecule has 5 nitrogen and oxygen atoms in total. The Morgan fingerprint density at radius 1 is 1.00 bits per heavy atom. The number of nitrogens with one attached hydrogen (secondary N) is 2. The van der Waals surface area contributed by atoms with Crippen molar-refractivity contribution in [3.8, 4) is 11.5 Å². The van der Waals surface area contributed by atoms with Crippen molar-refractivity contribution < 1.29 is 36.2 Å². The summed E-state index contributed by atoms with van der Waals surface area (Å²) in [7, 11) is 1.45. The summed E-state index contributed by atoms with van der Waals surface area (Å²) in [6.07, 6.45) is 3.14. The number of halogens is 5. The van der Waals surface area contributed by atoms with Gasteiger partial charge in [0, 0.05) is 6.08 Å². The summed E-state index contributed by atoms with van der Waals surface area (Å²) in [4.78, 5) is 11.8. The average molecular weight is 416 g/mol. The van der Waals surface area contributed by atoms with Crippen LogP contribution in [0.2, 0.25) is 0 Å². The van der Waals surface area contributed by atoms with E-state index in [4.69, 9.17) is 9.47 Å². The fourth-order valence-electron chi connectivity index (χ4n) is 2.17. The molecule has 2 aromatic carbocycles. The van der Waals surface area contributed by atoms with Crippen molar-refractivity contribution in [3.63, 3.8) is 0 Å². The monoisotopic (exact) mass is 416 g/mol. The molecule has 0 atom stereocenters. The van der Waals surface area contributed by atoms with Crippen LogP contribution in [0.3, 0.4) is 0 Å². The number of ether oxygens (including phenoxy) is 2. The van der Waals surface area contributed by atoms with Crippen LogP contribution < -0.4 is 20.3 Å². The third-order valence-electron chi connectivity index (χ3n) is 3.60. The second-order valence-electron chi connectivity index (χ2n) is 5.65. The first kappa shape index (κ1) is 22.0. The van der Waals surface area contributed by atoms with Gasteiger partial charge >= 0.3 is 0 Å². The van der Waals surface area contributed by atoms with Crippen molar-refractivity contribution in [1.82, 2.24) is 5.43 Å². The number of rotatable bonds is 8. The Morgan fingerprint density at radius 3 is 2.21 bits per heavy atom. The lowest BCUT2D eigenvalue weighted by Gasteiger charge is -2.11. The van der Waals surface area contributed by atoms with Gasteiger partial charge in [-0.25, -0.2) is 22.0 Å². The largest absolute Gasteiger partial charge is 0.493 e. The molecule has 1 amide bonds. The third kappa shape index (κ3) is 5.15. The number of hydrogen-bond acceptors (Lipinski definition) is 4. The number of carbonyl (C=O) groups is 1. The van der Waals surface area contributed by atoms with Crippen LogP contribution in [-0.4, -0.2) is 19.6 Å². The minimum absolute atomic E-state index is 0.431. The van der Waals surface area contributed by atoms with E-state index in [9.17, 15) is 26.7 Å². The molecule has 2 aromatic rings. The highest BCUT2D eigenvalue weighted by Gasteiger charge is 2.25. The highest BCUT2D eigenvalue weighted by molar-refractivity contribution is 5.92. The number of hydrogen-bond donors (Lipinski definition) is 2. The zero-order chi connectivity index (χ0) is 21.6. The van der Waals surface area contributed by atoms with Gasteiger partial charge in [0.1, 0.15) is 5.69 Å². The molecule has 0 saturated carbocycles. The van der Waals surface area contributed by atoms with Crippen LogP contribution in [0.4, 0.5) is 27.6 Å². The van der Waals surface area contributed by atoms with Crippen molar-refractivity contribution in [2.24, 2.45) is 0 Å². The van der Waals surface area contributed by atoms with Crippen molar-refractivity contribution >= 4 is 17.7 Å². The molecule has 0 aliphatic carbocycles. The number of hydrazine groups is 1. The Balaban J connectivity index is 2.08. The van der Waals surface area contributed by atoms with Crippen LogP contribution in [0, 0.1) is 29.1 Å². The molecular weight excluding hydrogens is 399 g/mol. The molecule has 0 aromatic heterocycles. The van der Waals surface area contributed by atoms with E-state index >= 15 is 0 Å². The standard InChI is InChI=1S/C19H17F5N2O3/c1-3-8-29-11-6-4-10(9-12(11)28-2)5-7-13(27)25-26-19-17(23)15(21)14(20)16(22)18(19)24/h4-7,9,26H,3,8H2,1-2H3,(H,25,27)/b7-5+. The molecule has 0 saturated heterocycles. The Morgan fingerprint density at radius 2 is 1.62 bits per heavy atom. The van der Waals surface area contributed by atoms with Gasteiger partial charge in [-0.2, -0.15) is 0 Å². The lowest BCUT2D eigenvalue weighted by Crippen LogP contribution is -2.29. The SMILES string of the molecule is CCCOc1ccc(/C=C/C(=O)NNc2c(F)c(F)c(F)c(F)c2F)cc1OC. The Kier molecular flexibility index (Phi) is 7.40. The number of carbonyl (C=O) groups excluding carboxylic acids is 1. The maximum Gasteiger partial charge on any atom is 0.262 e. The molecule has 0 bridgehead atoms. The number of methoxy groups -OCH3 is 1. The van der Waals surface area contributed by atoms with Gasteiger partial charge in [-0.1, -0.05) is 13.0 Å². The quantitative estimate of drug-likeness (QED) is 0.221. The molecule has 0 heterocycles. The number of anilines is 1. The van der Waals surface area contributed by atoms with Crippen LogP contribution in [0.15, 0.2) is 24.3 Å². The van der Waals surface area contributed by atoms with E-state index in [-0.39, 0.29) is 0 Å². The topological polar surface area (TPSA) is 59.6 Å². The molecule has 2 rings (SSSR count). The van der Waals surface area contributed by atoms with Gasteiger partial charge in [0.2, 0.25) is 5.82 Å². The summed E-state index contributed by atoms with van der Waals surface area (Å²) in [6, 6.07) is 4.86. The normalized spacial score (nSPS) is 10.9. The van der Waals surface area contributed by atoms with Gasteiger partial charge in [-0.05, 0) is 30.2 Å². The Hall–Kier alpha value is -3.30. The molecule has 0 fully saturated rings. The van der Waals surface area contributed by atoms with Gasteiger partial charge < -0.3 is 9.47 Å². The summed E-state index contributed by atoms with van der Waals surface area (Å²) in [5, 5.41) is 0. The van der Waals surface area contributed by atoms with Gasteiger partial charge in [-0.3, -0.25) is 15.6 Å². The van der Waals surface area contributed by atoms with E-state index in [0.717, 1.165) is 12.5 Å². The summed E-state index contributed by atoms with van der Waals surface area (Å²) in [5.41, 5.74) is 2.68. The van der Waals surface area contributed by atoms with Gasteiger partial charge in [0.25, 0.3) is 5.91 Å². The van der Waals surface area contributed by atoms with Gasteiger partial charge in [0.05, 0.1) is 13.7 Å². The maximum atomic E-state index is 13.5. The Labute approximate surface area is 163 Å². The Bertz CT molecular complexity index is 906. The van der Waals surface area contributed by atoms with E-state index in [1.165, 1.54) is 13.2 Å².